The number of nitrogens with zero attached hydrogens (tertiary/aromatic N) is 2. The lowest BCUT2D eigenvalue weighted by Crippen LogP contribution is -2.31. The predicted octanol–water partition coefficient (Wildman–Crippen LogP) is 3.06. The monoisotopic (exact) mass is 369 g/mol. The summed E-state index contributed by atoms with van der Waals surface area (Å²) in [6.45, 7) is 0. The second-order valence-electron chi connectivity index (χ2n) is 6.45. The second kappa shape index (κ2) is 6.54. The zero-order valence-electron chi connectivity index (χ0n) is 13.7. The molecule has 0 aliphatic heterocycles. The van der Waals surface area contributed by atoms with Crippen molar-refractivity contribution in [3.63, 3.8) is 0 Å². The number of benzene rings is 1. The van der Waals surface area contributed by atoms with Gasteiger partial charge in [-0.05, 0) is 49.9 Å². The zero-order valence-corrected chi connectivity index (χ0v) is 13.7. The van der Waals surface area contributed by atoms with Gasteiger partial charge in [0.2, 0.25) is 5.75 Å². The van der Waals surface area contributed by atoms with Crippen LogP contribution in [-0.4, -0.2) is 25.9 Å². The van der Waals surface area contributed by atoms with E-state index in [9.17, 15) is 28.2 Å². The van der Waals surface area contributed by atoms with Crippen molar-refractivity contribution in [3.8, 4) is 17.2 Å². The van der Waals surface area contributed by atoms with E-state index in [0.717, 1.165) is 4.57 Å². The Hall–Kier alpha value is -2.71. The molecule has 1 aromatic heterocycles. The van der Waals surface area contributed by atoms with Crippen LogP contribution < -0.4 is 11.3 Å². The molecule has 1 aromatic carbocycles. The first-order valence-corrected chi connectivity index (χ1v) is 8.16. The highest BCUT2D eigenvalue weighted by molar-refractivity contribution is 5.47. The van der Waals surface area contributed by atoms with E-state index in [0.29, 0.717) is 5.69 Å². The average Bonchev–Trinajstić information content (AvgIpc) is 2.60. The largest absolute Gasteiger partial charge is 0.508 e. The third-order valence-corrected chi connectivity index (χ3v) is 4.78. The molecular formula is C17H18F3N3O3. The van der Waals surface area contributed by atoms with E-state index >= 15 is 0 Å². The van der Waals surface area contributed by atoms with E-state index in [1.165, 1.54) is 24.3 Å². The molecule has 1 aliphatic carbocycles. The normalized spacial score (nSPS) is 20.9. The van der Waals surface area contributed by atoms with Crippen molar-refractivity contribution in [3.05, 3.63) is 40.4 Å². The van der Waals surface area contributed by atoms with Crippen LogP contribution in [0.2, 0.25) is 0 Å². The molecule has 4 N–H and O–H groups in total. The molecule has 140 valence electrons. The van der Waals surface area contributed by atoms with E-state index in [2.05, 4.69) is 4.98 Å². The molecule has 0 saturated heterocycles. The fourth-order valence-electron chi connectivity index (χ4n) is 3.35. The Morgan fingerprint density at radius 2 is 1.65 bits per heavy atom. The van der Waals surface area contributed by atoms with Crippen molar-refractivity contribution in [1.29, 1.82) is 0 Å². The van der Waals surface area contributed by atoms with Gasteiger partial charge in [0.05, 0.1) is 11.6 Å². The molecule has 0 spiro atoms. The van der Waals surface area contributed by atoms with Gasteiger partial charge in [0.1, 0.15) is 11.6 Å². The van der Waals surface area contributed by atoms with Crippen LogP contribution in [0.4, 0.5) is 19.0 Å². The molecule has 1 fully saturated rings. The van der Waals surface area contributed by atoms with Crippen LogP contribution in [0.1, 0.15) is 37.4 Å². The number of aromatic nitrogens is 2. The van der Waals surface area contributed by atoms with Crippen molar-refractivity contribution in [1.82, 2.24) is 9.55 Å². The molecule has 3 rings (SSSR count). The summed E-state index contributed by atoms with van der Waals surface area (Å²) in [6.07, 6.45) is -3.93. The van der Waals surface area contributed by atoms with Gasteiger partial charge in [0, 0.05) is 5.92 Å². The van der Waals surface area contributed by atoms with Gasteiger partial charge in [0.25, 0.3) is 0 Å². The Morgan fingerprint density at radius 3 is 2.19 bits per heavy atom. The van der Waals surface area contributed by atoms with Gasteiger partial charge in [-0.3, -0.25) is 9.36 Å². The highest BCUT2D eigenvalue weighted by Crippen LogP contribution is 2.42. The molecule has 0 atom stereocenters. The Balaban J connectivity index is 2.02. The van der Waals surface area contributed by atoms with Gasteiger partial charge in [-0.1, -0.05) is 0 Å². The Labute approximate surface area is 146 Å². The molecule has 0 radical (unpaired) electrons. The van der Waals surface area contributed by atoms with Crippen LogP contribution >= 0.6 is 0 Å². The summed E-state index contributed by atoms with van der Waals surface area (Å²) < 4.78 is 39.8. The third kappa shape index (κ3) is 3.33. The summed E-state index contributed by atoms with van der Waals surface area (Å²) in [5, 5.41) is 19.3. The molecular weight excluding hydrogens is 351 g/mol. The molecule has 0 unspecified atom stereocenters. The summed E-state index contributed by atoms with van der Waals surface area (Å²) in [6, 6.07) is 5.64. The van der Waals surface area contributed by atoms with E-state index in [1.54, 1.807) is 0 Å². The topological polar surface area (TPSA) is 101 Å². The van der Waals surface area contributed by atoms with Crippen molar-refractivity contribution < 1.29 is 23.4 Å². The number of phenols is 1. The van der Waals surface area contributed by atoms with E-state index in [-0.39, 0.29) is 43.1 Å². The quantitative estimate of drug-likeness (QED) is 0.755. The number of halogens is 3. The molecule has 0 amide bonds. The zero-order chi connectivity index (χ0) is 19.1. The number of nitrogen functional groups attached to an aromatic ring is 1. The maximum atomic E-state index is 12.9. The maximum Gasteiger partial charge on any atom is 0.391 e. The molecule has 26 heavy (non-hydrogen) atoms. The van der Waals surface area contributed by atoms with Gasteiger partial charge in [-0.15, -0.1) is 0 Å². The van der Waals surface area contributed by atoms with Crippen molar-refractivity contribution >= 4 is 5.82 Å². The van der Waals surface area contributed by atoms with Crippen LogP contribution in [0.3, 0.4) is 0 Å². The van der Waals surface area contributed by atoms with Crippen molar-refractivity contribution in [2.75, 3.05) is 5.73 Å². The predicted molar refractivity (Wildman–Crippen MR) is 88.3 cm³/mol. The minimum Gasteiger partial charge on any atom is -0.508 e. The molecule has 2 aromatic rings. The maximum absolute atomic E-state index is 12.9. The van der Waals surface area contributed by atoms with Crippen LogP contribution in [0.5, 0.6) is 11.5 Å². The van der Waals surface area contributed by atoms with E-state index < -0.39 is 29.3 Å². The minimum atomic E-state index is -4.23. The summed E-state index contributed by atoms with van der Waals surface area (Å²) >= 11 is 0. The second-order valence-corrected chi connectivity index (χ2v) is 6.45. The third-order valence-electron chi connectivity index (χ3n) is 4.78. The number of anilines is 1. The lowest BCUT2D eigenvalue weighted by atomic mass is 9.81. The van der Waals surface area contributed by atoms with Gasteiger partial charge in [-0.2, -0.15) is 13.2 Å². The number of hydrogen-bond donors (Lipinski definition) is 3. The highest BCUT2D eigenvalue weighted by Gasteiger charge is 2.42. The SMILES string of the molecule is Nc1nc(C2CCC(C(F)(F)F)CC2)n(-c2ccc(O)cc2)c(=O)c1O. The molecule has 1 heterocycles. The standard InChI is InChI=1S/C17H18F3N3O3/c18-17(19,20)10-3-1-9(2-4-10)15-22-14(21)13(25)16(26)23(15)11-5-7-12(24)8-6-11/h5-10,24-25H,1-4,21H2. The summed E-state index contributed by atoms with van der Waals surface area (Å²) in [7, 11) is 0. The smallest absolute Gasteiger partial charge is 0.391 e. The number of rotatable bonds is 2. The van der Waals surface area contributed by atoms with Crippen LogP contribution in [0.15, 0.2) is 29.1 Å². The minimum absolute atomic E-state index is 0.0124. The first-order chi connectivity index (χ1) is 12.2. The summed E-state index contributed by atoms with van der Waals surface area (Å²) in [4.78, 5) is 16.6. The number of nitrogens with two attached hydrogens (primary N) is 1. The van der Waals surface area contributed by atoms with Crippen LogP contribution in [0.25, 0.3) is 5.69 Å². The molecule has 9 heteroatoms. The fourth-order valence-corrected chi connectivity index (χ4v) is 3.35. The van der Waals surface area contributed by atoms with E-state index in [1.807, 2.05) is 0 Å². The van der Waals surface area contributed by atoms with Gasteiger partial charge in [0.15, 0.2) is 5.82 Å². The van der Waals surface area contributed by atoms with Gasteiger partial charge >= 0.3 is 11.7 Å². The first-order valence-electron chi connectivity index (χ1n) is 8.16. The van der Waals surface area contributed by atoms with Crippen molar-refractivity contribution in [2.24, 2.45) is 5.92 Å². The Bertz CT molecular complexity index is 855. The number of aromatic hydroxyl groups is 2. The van der Waals surface area contributed by atoms with E-state index in [4.69, 9.17) is 5.73 Å². The van der Waals surface area contributed by atoms with Crippen LogP contribution in [-0.2, 0) is 0 Å². The Kier molecular flexibility index (Phi) is 4.55. The number of phenolic OH excluding ortho intramolecular Hbond substituents is 1. The average molecular weight is 369 g/mol. The molecule has 1 aliphatic rings. The summed E-state index contributed by atoms with van der Waals surface area (Å²) in [5.74, 6) is -2.61. The number of alkyl halides is 3. The van der Waals surface area contributed by atoms with Gasteiger partial charge < -0.3 is 15.9 Å². The lowest BCUT2D eigenvalue weighted by Gasteiger charge is -2.30. The van der Waals surface area contributed by atoms with Crippen LogP contribution in [0, 0.1) is 5.92 Å². The molecule has 6 nitrogen and oxygen atoms in total. The fraction of sp³-hybridized carbons (Fsp3) is 0.412. The molecule has 0 bridgehead atoms. The lowest BCUT2D eigenvalue weighted by molar-refractivity contribution is -0.182. The number of hydrogen-bond acceptors (Lipinski definition) is 5. The first kappa shape index (κ1) is 18.1. The van der Waals surface area contributed by atoms with Gasteiger partial charge in [-0.25, -0.2) is 4.98 Å². The van der Waals surface area contributed by atoms with Crippen molar-refractivity contribution in [2.45, 2.75) is 37.8 Å². The molecule has 1 saturated carbocycles. The Morgan fingerprint density at radius 1 is 1.08 bits per heavy atom. The highest BCUT2D eigenvalue weighted by atomic mass is 19.4. The summed E-state index contributed by atoms with van der Waals surface area (Å²) in [5.41, 5.74) is 5.14.